The molecule has 1 aromatic rings. The number of piperidine rings is 1. The summed E-state index contributed by atoms with van der Waals surface area (Å²) < 4.78 is 10.6. The van der Waals surface area contributed by atoms with E-state index in [4.69, 9.17) is 14.5 Å². The van der Waals surface area contributed by atoms with E-state index in [0.717, 1.165) is 56.5 Å². The second-order valence-corrected chi connectivity index (χ2v) is 8.34. The molecule has 1 saturated heterocycles. The fraction of sp³-hybridized carbons (Fsp3) is 0.636. The first-order chi connectivity index (χ1) is 14.1. The predicted octanol–water partition coefficient (Wildman–Crippen LogP) is 3.66. The maximum absolute atomic E-state index is 12.0. The highest BCUT2D eigenvalue weighted by Crippen LogP contribution is 2.30. The van der Waals surface area contributed by atoms with Crippen LogP contribution in [0, 0.1) is 11.8 Å². The third-order valence-electron chi connectivity index (χ3n) is 4.89. The van der Waals surface area contributed by atoms with Gasteiger partial charge in [-0.3, -0.25) is 9.79 Å². The van der Waals surface area contributed by atoms with Gasteiger partial charge in [0.25, 0.3) is 0 Å². The first kappa shape index (κ1) is 23.4. The minimum atomic E-state index is -0.0592. The second kappa shape index (κ2) is 12.6. The van der Waals surface area contributed by atoms with Crippen molar-refractivity contribution in [2.24, 2.45) is 16.8 Å². The number of aliphatic imine (C=N–C) groups is 1. The Balaban J connectivity index is 1.86. The number of benzene rings is 1. The van der Waals surface area contributed by atoms with Gasteiger partial charge in [0.2, 0.25) is 0 Å². The Hall–Kier alpha value is -1.89. The number of ether oxygens (including phenoxy) is 2. The largest absolute Gasteiger partial charge is 0.496 e. The Morgan fingerprint density at radius 1 is 1.31 bits per heavy atom. The summed E-state index contributed by atoms with van der Waals surface area (Å²) in [6, 6.07) is 8.12. The van der Waals surface area contributed by atoms with Gasteiger partial charge in [-0.25, -0.2) is 0 Å². The molecule has 1 aliphatic rings. The van der Waals surface area contributed by atoms with Crippen LogP contribution in [0.15, 0.2) is 34.2 Å². The van der Waals surface area contributed by atoms with E-state index in [9.17, 15) is 4.79 Å². The maximum atomic E-state index is 12.0. The normalized spacial score (nSPS) is 16.4. The zero-order chi connectivity index (χ0) is 21.1. The van der Waals surface area contributed by atoms with Crippen molar-refractivity contribution in [1.82, 2.24) is 10.2 Å². The molecule has 0 bridgehead atoms. The summed E-state index contributed by atoms with van der Waals surface area (Å²) in [6.45, 7) is 9.89. The Kier molecular flexibility index (Phi) is 10.2. The van der Waals surface area contributed by atoms with Gasteiger partial charge in [-0.05, 0) is 44.7 Å². The van der Waals surface area contributed by atoms with Crippen molar-refractivity contribution in [1.29, 1.82) is 0 Å². The molecule has 1 fully saturated rings. The van der Waals surface area contributed by atoms with Crippen LogP contribution in [0.2, 0.25) is 0 Å². The summed E-state index contributed by atoms with van der Waals surface area (Å²) in [5.74, 6) is 3.25. The fourth-order valence-corrected chi connectivity index (χ4v) is 4.32. The molecule has 1 aromatic carbocycles. The van der Waals surface area contributed by atoms with Gasteiger partial charge in [0.15, 0.2) is 5.96 Å². The van der Waals surface area contributed by atoms with Crippen molar-refractivity contribution >= 4 is 23.7 Å². The number of likely N-dealkylation sites (tertiary alicyclic amines) is 1. The minimum Gasteiger partial charge on any atom is -0.496 e. The summed E-state index contributed by atoms with van der Waals surface area (Å²) >= 11 is 1.81. The van der Waals surface area contributed by atoms with Crippen molar-refractivity contribution in [2.75, 3.05) is 45.6 Å². The monoisotopic (exact) mass is 421 g/mol. The number of thioether (sulfide) groups is 1. The number of carbonyl (C=O) groups excluding carboxylic acids is 1. The van der Waals surface area contributed by atoms with E-state index >= 15 is 0 Å². The molecule has 0 spiro atoms. The number of hydrogen-bond donors (Lipinski definition) is 1. The van der Waals surface area contributed by atoms with Crippen molar-refractivity contribution in [3.63, 3.8) is 0 Å². The highest BCUT2D eigenvalue weighted by Gasteiger charge is 2.27. The number of rotatable bonds is 9. The number of methoxy groups -OCH3 is 1. The predicted molar refractivity (Wildman–Crippen MR) is 120 cm³/mol. The molecule has 0 aliphatic carbocycles. The van der Waals surface area contributed by atoms with Crippen LogP contribution in [0.5, 0.6) is 5.75 Å². The van der Waals surface area contributed by atoms with E-state index in [1.807, 2.05) is 36.9 Å². The van der Waals surface area contributed by atoms with Gasteiger partial charge in [0.05, 0.1) is 19.6 Å². The van der Waals surface area contributed by atoms with E-state index < -0.39 is 0 Å². The number of nitrogens with zero attached hydrogens (tertiary/aromatic N) is 2. The lowest BCUT2D eigenvalue weighted by atomic mass is 9.97. The average molecular weight is 422 g/mol. The summed E-state index contributed by atoms with van der Waals surface area (Å²) in [6.07, 6.45) is 1.64. The van der Waals surface area contributed by atoms with Crippen molar-refractivity contribution in [3.05, 3.63) is 24.3 Å². The zero-order valence-electron chi connectivity index (χ0n) is 18.1. The molecule has 1 unspecified atom stereocenters. The number of carbonyl (C=O) groups is 1. The molecule has 1 aliphatic heterocycles. The molecule has 29 heavy (non-hydrogen) atoms. The molecular formula is C22H35N3O3S. The molecule has 0 amide bonds. The van der Waals surface area contributed by atoms with Gasteiger partial charge in [-0.1, -0.05) is 19.1 Å². The lowest BCUT2D eigenvalue weighted by Gasteiger charge is -2.33. The molecule has 2 rings (SSSR count). The SMILES string of the molecule is CCNC(=NCC(C)CSc1ccccc1OC)N1CCC(C(=O)OCC)CC1. The van der Waals surface area contributed by atoms with Crippen molar-refractivity contribution < 1.29 is 14.3 Å². The lowest BCUT2D eigenvalue weighted by Crippen LogP contribution is -2.47. The van der Waals surface area contributed by atoms with Gasteiger partial charge in [0, 0.05) is 36.8 Å². The second-order valence-electron chi connectivity index (χ2n) is 7.28. The standard InChI is InChI=1S/C22H35N3O3S/c1-5-23-22(25-13-11-18(12-14-25)21(26)28-6-2)24-15-17(3)16-29-20-10-8-7-9-19(20)27-4/h7-10,17-18H,5-6,11-16H2,1-4H3,(H,23,24). The quantitative estimate of drug-likeness (QED) is 0.284. The topological polar surface area (TPSA) is 63.2 Å². The highest BCUT2D eigenvalue weighted by atomic mass is 32.2. The molecule has 0 aromatic heterocycles. The highest BCUT2D eigenvalue weighted by molar-refractivity contribution is 7.99. The van der Waals surface area contributed by atoms with Gasteiger partial charge in [-0.15, -0.1) is 11.8 Å². The number of para-hydroxylation sites is 1. The molecular weight excluding hydrogens is 386 g/mol. The van der Waals surface area contributed by atoms with Crippen molar-refractivity contribution in [3.8, 4) is 5.75 Å². The van der Waals surface area contributed by atoms with E-state index in [-0.39, 0.29) is 11.9 Å². The number of guanidine groups is 1. The van der Waals surface area contributed by atoms with Gasteiger partial charge in [-0.2, -0.15) is 0 Å². The van der Waals surface area contributed by atoms with Gasteiger partial charge < -0.3 is 19.7 Å². The Bertz CT molecular complexity index is 660. The molecule has 1 N–H and O–H groups in total. The number of hydrogen-bond acceptors (Lipinski definition) is 5. The Labute approximate surface area is 179 Å². The van der Waals surface area contributed by atoms with E-state index in [2.05, 4.69) is 30.1 Å². The fourth-order valence-electron chi connectivity index (χ4n) is 3.28. The molecule has 0 saturated carbocycles. The van der Waals surface area contributed by atoms with Crippen LogP contribution in [0.1, 0.15) is 33.6 Å². The van der Waals surface area contributed by atoms with E-state index in [0.29, 0.717) is 12.5 Å². The summed E-state index contributed by atoms with van der Waals surface area (Å²) in [4.78, 5) is 20.2. The smallest absolute Gasteiger partial charge is 0.309 e. The average Bonchev–Trinajstić information content (AvgIpc) is 2.75. The van der Waals surface area contributed by atoms with Crippen LogP contribution in [0.4, 0.5) is 0 Å². The van der Waals surface area contributed by atoms with E-state index in [1.54, 1.807) is 7.11 Å². The third-order valence-corrected chi connectivity index (χ3v) is 6.28. The molecule has 7 heteroatoms. The van der Waals surface area contributed by atoms with Crippen LogP contribution in [-0.2, 0) is 9.53 Å². The molecule has 6 nitrogen and oxygen atoms in total. The molecule has 1 atom stereocenters. The van der Waals surface area contributed by atoms with Crippen LogP contribution in [0.25, 0.3) is 0 Å². The number of esters is 1. The Morgan fingerprint density at radius 3 is 2.69 bits per heavy atom. The van der Waals surface area contributed by atoms with Crippen molar-refractivity contribution in [2.45, 2.75) is 38.5 Å². The van der Waals surface area contributed by atoms with Crippen LogP contribution < -0.4 is 10.1 Å². The summed E-state index contributed by atoms with van der Waals surface area (Å²) in [5, 5.41) is 3.40. The summed E-state index contributed by atoms with van der Waals surface area (Å²) in [5.41, 5.74) is 0. The van der Waals surface area contributed by atoms with Gasteiger partial charge in [0.1, 0.15) is 5.75 Å². The Morgan fingerprint density at radius 2 is 2.03 bits per heavy atom. The summed E-state index contributed by atoms with van der Waals surface area (Å²) in [7, 11) is 1.71. The lowest BCUT2D eigenvalue weighted by molar-refractivity contribution is -0.149. The first-order valence-electron chi connectivity index (χ1n) is 10.5. The van der Waals surface area contributed by atoms with Crippen LogP contribution >= 0.6 is 11.8 Å². The third kappa shape index (κ3) is 7.46. The van der Waals surface area contributed by atoms with Gasteiger partial charge >= 0.3 is 5.97 Å². The van der Waals surface area contributed by atoms with Crippen LogP contribution in [0.3, 0.4) is 0 Å². The zero-order valence-corrected chi connectivity index (χ0v) is 19.0. The molecule has 162 valence electrons. The maximum Gasteiger partial charge on any atom is 0.309 e. The molecule has 0 radical (unpaired) electrons. The molecule has 1 heterocycles. The first-order valence-corrected chi connectivity index (χ1v) is 11.5. The number of nitrogens with one attached hydrogen (secondary N) is 1. The van der Waals surface area contributed by atoms with Crippen LogP contribution in [-0.4, -0.2) is 62.5 Å². The minimum absolute atomic E-state index is 0.0188. The van der Waals surface area contributed by atoms with E-state index in [1.165, 1.54) is 4.90 Å².